The van der Waals surface area contributed by atoms with E-state index in [1.807, 2.05) is 27.2 Å². The summed E-state index contributed by atoms with van der Waals surface area (Å²) in [5.74, 6) is -0.933. The lowest BCUT2D eigenvalue weighted by Crippen LogP contribution is -2.37. The molecule has 0 fully saturated rings. The summed E-state index contributed by atoms with van der Waals surface area (Å²) in [6.07, 6.45) is 38.4. The number of aliphatic hydroxyl groups is 1. The zero-order valence-corrected chi connectivity index (χ0v) is 34.5. The molecule has 53 heavy (non-hydrogen) atoms. The molecule has 0 bridgehead atoms. The van der Waals surface area contributed by atoms with Gasteiger partial charge in [0.2, 0.25) is 0 Å². The second-order valence-corrected chi connectivity index (χ2v) is 15.8. The molecule has 0 aromatic carbocycles. The maximum Gasteiger partial charge on any atom is 0.306 e. The van der Waals surface area contributed by atoms with Crippen LogP contribution in [-0.4, -0.2) is 81.7 Å². The Kier molecular flexibility index (Phi) is 33.8. The average Bonchev–Trinajstić information content (AvgIpc) is 3.10. The monoisotopic (exact) mass is 768 g/mol. The van der Waals surface area contributed by atoms with Gasteiger partial charge in [-0.25, -0.2) is 0 Å². The first-order chi connectivity index (χ1) is 25.5. The molecule has 0 aromatic rings. The van der Waals surface area contributed by atoms with Crippen molar-refractivity contribution in [2.24, 2.45) is 0 Å². The number of hydrogen-bond acceptors (Lipinski definition) is 9. The number of phosphoric ester groups is 1. The standard InChI is InChI=1S/C42H74NO9P/c1-5-6-7-8-9-10-18-21-24-27-30-33-41(45)49-38-40(39-51-53(47,48)50-37-35-43(2,3)4)52-42(46)34-31-28-25-22-19-16-14-12-11-13-15-17-20-23-26-29-32-36-44/h8-9,11,13-14,16-17,20,22,25,40,44H,5-7,10,12,15,18-19,21,23-24,26-39H2,1-4H3/b9-8-,13-11-,16-14-,20-17-,25-22-/t40-/m1/s1. The highest BCUT2D eigenvalue weighted by molar-refractivity contribution is 7.45. The highest BCUT2D eigenvalue weighted by Crippen LogP contribution is 2.38. The number of nitrogens with zero attached hydrogens (tertiary/aromatic N) is 1. The number of ether oxygens (including phenoxy) is 2. The topological polar surface area (TPSA) is 131 Å². The number of carbonyl (C=O) groups is 2. The van der Waals surface area contributed by atoms with Crippen LogP contribution < -0.4 is 4.89 Å². The molecule has 0 aliphatic heterocycles. The van der Waals surface area contributed by atoms with Crippen molar-refractivity contribution >= 4 is 19.8 Å². The molecule has 306 valence electrons. The zero-order chi connectivity index (χ0) is 39.3. The molecule has 2 atom stereocenters. The van der Waals surface area contributed by atoms with Crippen molar-refractivity contribution < 1.29 is 47.2 Å². The Morgan fingerprint density at radius 2 is 1.13 bits per heavy atom. The minimum Gasteiger partial charge on any atom is -0.756 e. The zero-order valence-electron chi connectivity index (χ0n) is 33.6. The van der Waals surface area contributed by atoms with E-state index in [0.717, 1.165) is 83.5 Å². The molecule has 0 aliphatic rings. The van der Waals surface area contributed by atoms with Crippen LogP contribution in [0.15, 0.2) is 60.8 Å². The molecule has 0 amide bonds. The van der Waals surface area contributed by atoms with Crippen LogP contribution in [0.5, 0.6) is 0 Å². The maximum atomic E-state index is 12.6. The van der Waals surface area contributed by atoms with Crippen molar-refractivity contribution in [1.29, 1.82) is 0 Å². The number of phosphoric acid groups is 1. The molecule has 0 aliphatic carbocycles. The van der Waals surface area contributed by atoms with Gasteiger partial charge in [-0.1, -0.05) is 106 Å². The first kappa shape index (κ1) is 50.7. The molecule has 0 spiro atoms. The first-order valence-electron chi connectivity index (χ1n) is 20.1. The number of hydrogen-bond donors (Lipinski definition) is 1. The number of rotatable bonds is 36. The number of carbonyl (C=O) groups excluding carboxylic acids is 2. The van der Waals surface area contributed by atoms with Crippen LogP contribution in [0.4, 0.5) is 0 Å². The molecule has 0 radical (unpaired) electrons. The van der Waals surface area contributed by atoms with E-state index in [0.29, 0.717) is 30.3 Å². The van der Waals surface area contributed by atoms with Crippen LogP contribution in [0.2, 0.25) is 0 Å². The highest BCUT2D eigenvalue weighted by atomic mass is 31.2. The Balaban J connectivity index is 4.52. The van der Waals surface area contributed by atoms with Crippen molar-refractivity contribution in [1.82, 2.24) is 0 Å². The summed E-state index contributed by atoms with van der Waals surface area (Å²) in [5, 5.41) is 8.79. The van der Waals surface area contributed by atoms with Crippen LogP contribution in [0, 0.1) is 0 Å². The Morgan fingerprint density at radius 1 is 0.642 bits per heavy atom. The van der Waals surface area contributed by atoms with Gasteiger partial charge in [-0.05, 0) is 77.0 Å². The molecular formula is C42H74NO9P. The van der Waals surface area contributed by atoms with Crippen LogP contribution in [0.3, 0.4) is 0 Å². The highest BCUT2D eigenvalue weighted by Gasteiger charge is 2.21. The Labute approximate surface area is 322 Å². The van der Waals surface area contributed by atoms with Gasteiger partial charge in [0.05, 0.1) is 27.7 Å². The van der Waals surface area contributed by atoms with Gasteiger partial charge in [0.1, 0.15) is 19.8 Å². The molecule has 10 nitrogen and oxygen atoms in total. The quantitative estimate of drug-likeness (QED) is 0.0218. The number of unbranched alkanes of at least 4 members (excludes halogenated alkanes) is 11. The van der Waals surface area contributed by atoms with Crippen LogP contribution >= 0.6 is 7.82 Å². The lowest BCUT2D eigenvalue weighted by Gasteiger charge is -2.28. The van der Waals surface area contributed by atoms with E-state index < -0.39 is 32.5 Å². The molecule has 0 heterocycles. The predicted molar refractivity (Wildman–Crippen MR) is 214 cm³/mol. The minimum absolute atomic E-state index is 0.0498. The molecule has 0 saturated heterocycles. The van der Waals surface area contributed by atoms with Crippen molar-refractivity contribution in [3.63, 3.8) is 0 Å². The largest absolute Gasteiger partial charge is 0.756 e. The third-order valence-corrected chi connectivity index (χ3v) is 9.03. The predicted octanol–water partition coefficient (Wildman–Crippen LogP) is 9.24. The van der Waals surface area contributed by atoms with E-state index >= 15 is 0 Å². The van der Waals surface area contributed by atoms with Crippen LogP contribution in [0.1, 0.15) is 135 Å². The summed E-state index contributed by atoms with van der Waals surface area (Å²) in [6, 6.07) is 0. The summed E-state index contributed by atoms with van der Waals surface area (Å²) >= 11 is 0. The van der Waals surface area contributed by atoms with Crippen molar-refractivity contribution in [3.8, 4) is 0 Å². The molecule has 11 heteroatoms. The molecular weight excluding hydrogens is 693 g/mol. The van der Waals surface area contributed by atoms with Gasteiger partial charge in [-0.15, -0.1) is 0 Å². The smallest absolute Gasteiger partial charge is 0.306 e. The molecule has 1 N–H and O–H groups in total. The molecule has 0 aromatic heterocycles. The lowest BCUT2D eigenvalue weighted by atomic mass is 10.1. The fourth-order valence-electron chi connectivity index (χ4n) is 4.84. The summed E-state index contributed by atoms with van der Waals surface area (Å²) in [5.41, 5.74) is 0. The third kappa shape index (κ3) is 39.2. The van der Waals surface area contributed by atoms with Crippen LogP contribution in [0.25, 0.3) is 0 Å². The SMILES string of the molecule is CCCC/C=C\CCCCCCCC(=O)OC[C@H](COP(=O)([O-])OCC[N+](C)(C)C)OC(=O)CCC/C=C\C/C=C\C/C=C\C/C=C\CCCCCO. The minimum atomic E-state index is -4.64. The van der Waals surface area contributed by atoms with E-state index in [2.05, 4.69) is 61.6 Å². The summed E-state index contributed by atoms with van der Waals surface area (Å²) in [6.45, 7) is 2.08. The number of esters is 2. The molecule has 1 unspecified atom stereocenters. The maximum absolute atomic E-state index is 12.6. The molecule has 0 saturated carbocycles. The van der Waals surface area contributed by atoms with Crippen molar-refractivity contribution in [3.05, 3.63) is 60.8 Å². The van der Waals surface area contributed by atoms with Crippen molar-refractivity contribution in [2.75, 3.05) is 54.1 Å². The Bertz CT molecular complexity index is 1090. The van der Waals surface area contributed by atoms with Crippen molar-refractivity contribution in [2.45, 2.75) is 141 Å². The van der Waals surface area contributed by atoms with Crippen LogP contribution in [-0.2, 0) is 32.7 Å². The second kappa shape index (κ2) is 35.4. The van der Waals surface area contributed by atoms with Gasteiger partial charge in [0, 0.05) is 19.4 Å². The normalized spacial score (nSPS) is 14.3. The van der Waals surface area contributed by atoms with E-state index in [9.17, 15) is 19.0 Å². The molecule has 0 rings (SSSR count). The van der Waals surface area contributed by atoms with Gasteiger partial charge < -0.3 is 33.0 Å². The van der Waals surface area contributed by atoms with E-state index in [-0.39, 0.29) is 32.7 Å². The first-order valence-corrected chi connectivity index (χ1v) is 21.6. The number of likely N-dealkylation sites (N-methyl/N-ethyl adjacent to an activating group) is 1. The number of allylic oxidation sites excluding steroid dienone is 10. The second-order valence-electron chi connectivity index (χ2n) is 14.4. The van der Waals surface area contributed by atoms with Gasteiger partial charge in [0.25, 0.3) is 7.82 Å². The number of quaternary nitrogens is 1. The van der Waals surface area contributed by atoms with Gasteiger partial charge in [0.15, 0.2) is 6.10 Å². The fraction of sp³-hybridized carbons (Fsp3) is 0.714. The van der Waals surface area contributed by atoms with E-state index in [1.165, 1.54) is 12.8 Å². The average molecular weight is 768 g/mol. The third-order valence-electron chi connectivity index (χ3n) is 8.06. The lowest BCUT2D eigenvalue weighted by molar-refractivity contribution is -0.870. The van der Waals surface area contributed by atoms with Gasteiger partial charge >= 0.3 is 11.9 Å². The van der Waals surface area contributed by atoms with E-state index in [1.54, 1.807) is 0 Å². The van der Waals surface area contributed by atoms with E-state index in [4.69, 9.17) is 23.6 Å². The fourth-order valence-corrected chi connectivity index (χ4v) is 5.57. The summed E-state index contributed by atoms with van der Waals surface area (Å²) < 4.78 is 33.7. The summed E-state index contributed by atoms with van der Waals surface area (Å²) in [7, 11) is 1.10. The Hall–Kier alpha value is -2.33. The number of aliphatic hydroxyl groups excluding tert-OH is 1. The summed E-state index contributed by atoms with van der Waals surface area (Å²) in [4.78, 5) is 37.3. The van der Waals surface area contributed by atoms with Gasteiger partial charge in [-0.3, -0.25) is 14.2 Å². The van der Waals surface area contributed by atoms with Gasteiger partial charge in [-0.2, -0.15) is 0 Å². The Morgan fingerprint density at radius 3 is 1.72 bits per heavy atom.